The van der Waals surface area contributed by atoms with E-state index in [1.54, 1.807) is 26.4 Å². The van der Waals surface area contributed by atoms with Gasteiger partial charge in [0.25, 0.3) is 0 Å². The SMILES string of the molecule is COc1cc(Nc2cc(C(N)=S)cc(C)n2)cc(OC)c1. The highest BCUT2D eigenvalue weighted by atomic mass is 32.1. The third-order valence-electron chi connectivity index (χ3n) is 2.86. The first-order chi connectivity index (χ1) is 10.0. The van der Waals surface area contributed by atoms with E-state index in [0.29, 0.717) is 22.3 Å². The summed E-state index contributed by atoms with van der Waals surface area (Å²) in [7, 11) is 3.21. The maximum atomic E-state index is 5.67. The quantitative estimate of drug-likeness (QED) is 0.828. The molecule has 1 aromatic heterocycles. The number of ether oxygens (including phenoxy) is 2. The van der Waals surface area contributed by atoms with E-state index < -0.39 is 0 Å². The minimum Gasteiger partial charge on any atom is -0.497 e. The summed E-state index contributed by atoms with van der Waals surface area (Å²) in [4.78, 5) is 4.75. The Kier molecular flexibility index (Phi) is 4.59. The summed E-state index contributed by atoms with van der Waals surface area (Å²) in [5, 5.41) is 3.20. The lowest BCUT2D eigenvalue weighted by Gasteiger charge is -2.11. The third-order valence-corrected chi connectivity index (χ3v) is 3.10. The van der Waals surface area contributed by atoms with E-state index in [4.69, 9.17) is 27.4 Å². The van der Waals surface area contributed by atoms with Crippen molar-refractivity contribution in [1.29, 1.82) is 0 Å². The van der Waals surface area contributed by atoms with Crippen molar-refractivity contribution in [3.05, 3.63) is 41.6 Å². The topological polar surface area (TPSA) is 69.4 Å². The first-order valence-corrected chi connectivity index (χ1v) is 6.71. The predicted molar refractivity (Wildman–Crippen MR) is 87.7 cm³/mol. The summed E-state index contributed by atoms with van der Waals surface area (Å²) in [6.45, 7) is 1.89. The molecule has 0 atom stereocenters. The van der Waals surface area contributed by atoms with Crippen LogP contribution in [0.3, 0.4) is 0 Å². The van der Waals surface area contributed by atoms with Crippen LogP contribution >= 0.6 is 12.2 Å². The number of methoxy groups -OCH3 is 2. The number of rotatable bonds is 5. The highest BCUT2D eigenvalue weighted by Crippen LogP contribution is 2.27. The van der Waals surface area contributed by atoms with E-state index in [9.17, 15) is 0 Å². The Morgan fingerprint density at radius 2 is 1.71 bits per heavy atom. The smallest absolute Gasteiger partial charge is 0.131 e. The van der Waals surface area contributed by atoms with Crippen molar-refractivity contribution < 1.29 is 9.47 Å². The Labute approximate surface area is 129 Å². The van der Waals surface area contributed by atoms with E-state index in [2.05, 4.69) is 10.3 Å². The first-order valence-electron chi connectivity index (χ1n) is 6.30. The van der Waals surface area contributed by atoms with Gasteiger partial charge in [-0.25, -0.2) is 4.98 Å². The zero-order valence-corrected chi connectivity index (χ0v) is 13.0. The van der Waals surface area contributed by atoms with Crippen LogP contribution in [0, 0.1) is 6.92 Å². The molecule has 0 aliphatic carbocycles. The van der Waals surface area contributed by atoms with Crippen LogP contribution in [0.15, 0.2) is 30.3 Å². The standard InChI is InChI=1S/C15H17N3O2S/c1-9-4-10(15(16)21)5-14(17-9)18-11-6-12(19-2)8-13(7-11)20-3/h4-8H,1-3H3,(H2,16,21)(H,17,18). The molecule has 0 saturated heterocycles. The Bertz CT molecular complexity index is 652. The third kappa shape index (κ3) is 3.82. The van der Waals surface area contributed by atoms with Gasteiger partial charge < -0.3 is 20.5 Å². The summed E-state index contributed by atoms with van der Waals surface area (Å²) in [6, 6.07) is 9.16. The van der Waals surface area contributed by atoms with Crippen molar-refractivity contribution in [2.75, 3.05) is 19.5 Å². The molecule has 0 unspecified atom stereocenters. The number of aryl methyl sites for hydroxylation is 1. The lowest BCUT2D eigenvalue weighted by molar-refractivity contribution is 0.395. The zero-order chi connectivity index (χ0) is 15.4. The largest absolute Gasteiger partial charge is 0.497 e. The average Bonchev–Trinajstić information content (AvgIpc) is 2.46. The van der Waals surface area contributed by atoms with Crippen molar-refractivity contribution in [3.8, 4) is 11.5 Å². The number of aromatic nitrogens is 1. The molecule has 0 aliphatic rings. The van der Waals surface area contributed by atoms with E-state index >= 15 is 0 Å². The fourth-order valence-corrected chi connectivity index (χ4v) is 2.02. The number of hydrogen-bond donors (Lipinski definition) is 2. The Hall–Kier alpha value is -2.34. The second kappa shape index (κ2) is 6.41. The second-order valence-corrected chi connectivity index (χ2v) is 4.91. The van der Waals surface area contributed by atoms with Crippen LogP contribution in [0.25, 0.3) is 0 Å². The molecule has 0 amide bonds. The monoisotopic (exact) mass is 303 g/mol. The van der Waals surface area contributed by atoms with Crippen LogP contribution in [0.4, 0.5) is 11.5 Å². The highest BCUT2D eigenvalue weighted by molar-refractivity contribution is 7.80. The molecule has 2 aromatic rings. The number of nitrogens with two attached hydrogens (primary N) is 1. The maximum Gasteiger partial charge on any atom is 0.131 e. The maximum absolute atomic E-state index is 5.67. The van der Waals surface area contributed by atoms with Gasteiger partial charge in [-0.2, -0.15) is 0 Å². The second-order valence-electron chi connectivity index (χ2n) is 4.47. The van der Waals surface area contributed by atoms with Crippen molar-refractivity contribution >= 4 is 28.7 Å². The van der Waals surface area contributed by atoms with Gasteiger partial charge in [-0.3, -0.25) is 0 Å². The highest BCUT2D eigenvalue weighted by Gasteiger charge is 2.06. The van der Waals surface area contributed by atoms with Gasteiger partial charge in [-0.15, -0.1) is 0 Å². The van der Waals surface area contributed by atoms with E-state index in [1.165, 1.54) is 0 Å². The predicted octanol–water partition coefficient (Wildman–Crippen LogP) is 2.79. The molecular formula is C15H17N3O2S. The summed E-state index contributed by atoms with van der Waals surface area (Å²) < 4.78 is 10.5. The number of hydrogen-bond acceptors (Lipinski definition) is 5. The van der Waals surface area contributed by atoms with E-state index in [1.807, 2.05) is 25.1 Å². The van der Waals surface area contributed by atoms with Crippen LogP contribution in [0.2, 0.25) is 0 Å². The molecule has 1 heterocycles. The zero-order valence-electron chi connectivity index (χ0n) is 12.1. The van der Waals surface area contributed by atoms with Gasteiger partial charge >= 0.3 is 0 Å². The van der Waals surface area contributed by atoms with E-state index in [-0.39, 0.29) is 0 Å². The van der Waals surface area contributed by atoms with Crippen LogP contribution in [-0.2, 0) is 0 Å². The summed E-state index contributed by atoms with van der Waals surface area (Å²) in [5.74, 6) is 2.05. The fourth-order valence-electron chi connectivity index (χ4n) is 1.90. The first kappa shape index (κ1) is 15.1. The molecule has 21 heavy (non-hydrogen) atoms. The summed E-state index contributed by atoms with van der Waals surface area (Å²) in [6.07, 6.45) is 0. The summed E-state index contributed by atoms with van der Waals surface area (Å²) in [5.41, 5.74) is 8.08. The number of thiocarbonyl (C=S) groups is 1. The van der Waals surface area contributed by atoms with Crippen LogP contribution in [0.5, 0.6) is 11.5 Å². The Morgan fingerprint density at radius 1 is 1.10 bits per heavy atom. The molecule has 110 valence electrons. The van der Waals surface area contributed by atoms with Gasteiger partial charge in [0.2, 0.25) is 0 Å². The van der Waals surface area contributed by atoms with Crippen molar-refractivity contribution in [2.24, 2.45) is 5.73 Å². The lowest BCUT2D eigenvalue weighted by Crippen LogP contribution is -2.10. The van der Waals surface area contributed by atoms with Gasteiger partial charge in [0.05, 0.1) is 14.2 Å². The number of benzene rings is 1. The van der Waals surface area contributed by atoms with Gasteiger partial charge in [-0.1, -0.05) is 12.2 Å². The lowest BCUT2D eigenvalue weighted by atomic mass is 10.2. The molecule has 0 radical (unpaired) electrons. The van der Waals surface area contributed by atoms with Crippen molar-refractivity contribution in [3.63, 3.8) is 0 Å². The molecule has 3 N–H and O–H groups in total. The summed E-state index contributed by atoms with van der Waals surface area (Å²) >= 11 is 5.01. The molecular weight excluding hydrogens is 286 g/mol. The molecule has 0 fully saturated rings. The molecule has 5 nitrogen and oxygen atoms in total. The molecule has 0 aliphatic heterocycles. The number of nitrogens with one attached hydrogen (secondary N) is 1. The van der Waals surface area contributed by atoms with Crippen LogP contribution in [0.1, 0.15) is 11.3 Å². The molecule has 6 heteroatoms. The Morgan fingerprint density at radius 3 is 2.24 bits per heavy atom. The normalized spacial score (nSPS) is 10.0. The van der Waals surface area contributed by atoms with Crippen molar-refractivity contribution in [2.45, 2.75) is 6.92 Å². The average molecular weight is 303 g/mol. The van der Waals surface area contributed by atoms with Crippen LogP contribution in [-0.4, -0.2) is 24.2 Å². The van der Waals surface area contributed by atoms with Gasteiger partial charge in [-0.05, 0) is 19.1 Å². The van der Waals surface area contributed by atoms with Crippen LogP contribution < -0.4 is 20.5 Å². The van der Waals surface area contributed by atoms with E-state index in [0.717, 1.165) is 16.9 Å². The van der Waals surface area contributed by atoms with Gasteiger partial charge in [0.15, 0.2) is 0 Å². The number of nitrogens with zero attached hydrogens (tertiary/aromatic N) is 1. The fraction of sp³-hybridized carbons (Fsp3) is 0.200. The molecule has 0 saturated carbocycles. The molecule has 0 bridgehead atoms. The molecule has 2 rings (SSSR count). The minimum atomic E-state index is 0.340. The van der Waals surface area contributed by atoms with Crippen molar-refractivity contribution in [1.82, 2.24) is 4.98 Å². The van der Waals surface area contributed by atoms with Gasteiger partial charge in [0, 0.05) is 35.1 Å². The van der Waals surface area contributed by atoms with Gasteiger partial charge in [0.1, 0.15) is 22.3 Å². The molecule has 0 spiro atoms. The minimum absolute atomic E-state index is 0.340. The number of pyridine rings is 1. The number of anilines is 2. The molecule has 1 aromatic carbocycles. The Balaban J connectivity index is 2.35.